The second-order valence-corrected chi connectivity index (χ2v) is 11.1. The molecule has 0 radical (unpaired) electrons. The fraction of sp³-hybridized carbons (Fsp3) is 0.594. The molecule has 0 aromatic heterocycles. The molecule has 222 valence electrons. The van der Waals surface area contributed by atoms with Crippen molar-refractivity contribution >= 4 is 16.0 Å². The third-order valence-corrected chi connectivity index (χ3v) is 6.72. The van der Waals surface area contributed by atoms with Gasteiger partial charge < -0.3 is 10.4 Å². The number of nitrogens with one attached hydrogen (secondary N) is 1. The number of allylic oxidation sites excluding steroid dienone is 11. The molecule has 0 rings (SSSR count). The standard InChI is InChI=1S/C32H53NO5S/c1-3-5-7-9-11-13-14-15-16-17-18-20-22-24-26-28-32(35)33-30(29-39(36,37)38)31(34)27-25-23-21-19-12-10-8-6-4-2/h4-7,11-13,15-16,19,25,27,30-31,34H,3,8-10,14,17-18,20-24,26,28-29H2,1-2H3,(H,33,35)(H,36,37,38)/b6-4+,7-5-,13-11-,16-15-,19-12+,27-25+. The molecule has 0 bridgehead atoms. The van der Waals surface area contributed by atoms with Crippen LogP contribution < -0.4 is 5.32 Å². The molecule has 39 heavy (non-hydrogen) atoms. The Hall–Kier alpha value is -2.22. The molecule has 2 atom stereocenters. The maximum atomic E-state index is 12.3. The molecular formula is C32H53NO5S. The summed E-state index contributed by atoms with van der Waals surface area (Å²) in [6.45, 7) is 4.13. The summed E-state index contributed by atoms with van der Waals surface area (Å²) < 4.78 is 32.1. The number of rotatable bonds is 24. The molecule has 0 aromatic carbocycles. The van der Waals surface area contributed by atoms with Gasteiger partial charge in [-0.15, -0.1) is 0 Å². The minimum atomic E-state index is -4.35. The van der Waals surface area contributed by atoms with Crippen molar-refractivity contribution in [2.75, 3.05) is 5.75 Å². The van der Waals surface area contributed by atoms with Crippen LogP contribution >= 0.6 is 0 Å². The Labute approximate surface area is 238 Å². The van der Waals surface area contributed by atoms with Gasteiger partial charge >= 0.3 is 0 Å². The lowest BCUT2D eigenvalue weighted by molar-refractivity contribution is -0.122. The smallest absolute Gasteiger partial charge is 0.267 e. The highest BCUT2D eigenvalue weighted by atomic mass is 32.2. The summed E-state index contributed by atoms with van der Waals surface area (Å²) in [5.74, 6) is -1.05. The van der Waals surface area contributed by atoms with E-state index in [0.29, 0.717) is 12.8 Å². The van der Waals surface area contributed by atoms with E-state index in [4.69, 9.17) is 0 Å². The molecule has 0 aliphatic heterocycles. The van der Waals surface area contributed by atoms with Crippen LogP contribution in [0.5, 0.6) is 0 Å². The largest absolute Gasteiger partial charge is 0.387 e. The number of hydrogen-bond donors (Lipinski definition) is 3. The Morgan fingerprint density at radius 2 is 1.28 bits per heavy atom. The van der Waals surface area contributed by atoms with E-state index in [0.717, 1.165) is 70.6 Å². The van der Waals surface area contributed by atoms with Crippen molar-refractivity contribution in [3.8, 4) is 0 Å². The number of hydrogen-bond acceptors (Lipinski definition) is 4. The van der Waals surface area contributed by atoms with Crippen LogP contribution in [-0.2, 0) is 14.9 Å². The Morgan fingerprint density at radius 3 is 1.92 bits per heavy atom. The average molecular weight is 564 g/mol. The molecule has 0 saturated carbocycles. The summed E-state index contributed by atoms with van der Waals surface area (Å²) in [5, 5.41) is 13.0. The Kier molecular flexibility index (Phi) is 24.5. The highest BCUT2D eigenvalue weighted by Crippen LogP contribution is 2.09. The van der Waals surface area contributed by atoms with Crippen molar-refractivity contribution < 1.29 is 22.9 Å². The topological polar surface area (TPSA) is 104 Å². The van der Waals surface area contributed by atoms with Gasteiger partial charge in [0.2, 0.25) is 5.91 Å². The summed E-state index contributed by atoms with van der Waals surface area (Å²) in [6, 6.07) is -1.09. The Morgan fingerprint density at radius 1 is 0.744 bits per heavy atom. The van der Waals surface area contributed by atoms with Gasteiger partial charge in [-0.25, -0.2) is 0 Å². The Bertz CT molecular complexity index is 884. The third kappa shape index (κ3) is 27.1. The summed E-state index contributed by atoms with van der Waals surface area (Å²) in [4.78, 5) is 12.3. The maximum absolute atomic E-state index is 12.3. The monoisotopic (exact) mass is 563 g/mol. The molecule has 0 heterocycles. The molecule has 0 spiro atoms. The van der Waals surface area contributed by atoms with Gasteiger partial charge in [0.1, 0.15) is 0 Å². The van der Waals surface area contributed by atoms with Crippen molar-refractivity contribution in [2.45, 2.75) is 116 Å². The van der Waals surface area contributed by atoms with Crippen LogP contribution in [0.4, 0.5) is 0 Å². The van der Waals surface area contributed by atoms with E-state index < -0.39 is 28.0 Å². The number of carbonyl (C=O) groups is 1. The molecule has 0 aromatic rings. The molecule has 6 nitrogen and oxygen atoms in total. The van der Waals surface area contributed by atoms with Gasteiger partial charge in [-0.05, 0) is 71.1 Å². The number of unbranched alkanes of at least 4 members (excludes halogenated alkanes) is 7. The van der Waals surface area contributed by atoms with Crippen LogP contribution in [-0.4, -0.2) is 41.9 Å². The van der Waals surface area contributed by atoms with Crippen LogP contribution in [0.2, 0.25) is 0 Å². The van der Waals surface area contributed by atoms with Crippen molar-refractivity contribution in [1.82, 2.24) is 5.32 Å². The molecule has 1 amide bonds. The van der Waals surface area contributed by atoms with Crippen molar-refractivity contribution in [1.29, 1.82) is 0 Å². The summed E-state index contributed by atoms with van der Waals surface area (Å²) in [5.41, 5.74) is 0. The average Bonchev–Trinajstić information content (AvgIpc) is 2.88. The van der Waals surface area contributed by atoms with Gasteiger partial charge in [-0.2, -0.15) is 8.42 Å². The predicted molar refractivity (Wildman–Crippen MR) is 165 cm³/mol. The molecule has 0 aliphatic rings. The van der Waals surface area contributed by atoms with Crippen molar-refractivity contribution in [3.63, 3.8) is 0 Å². The van der Waals surface area contributed by atoms with E-state index in [-0.39, 0.29) is 12.3 Å². The van der Waals surface area contributed by atoms with E-state index in [1.54, 1.807) is 6.08 Å². The third-order valence-electron chi connectivity index (χ3n) is 5.94. The van der Waals surface area contributed by atoms with E-state index in [1.807, 2.05) is 13.0 Å². The molecular weight excluding hydrogens is 510 g/mol. The molecule has 0 saturated heterocycles. The molecule has 0 fully saturated rings. The van der Waals surface area contributed by atoms with Gasteiger partial charge in [-0.3, -0.25) is 9.35 Å². The fourth-order valence-corrected chi connectivity index (χ4v) is 4.53. The van der Waals surface area contributed by atoms with Gasteiger partial charge in [0.05, 0.1) is 17.9 Å². The van der Waals surface area contributed by atoms with Crippen LogP contribution in [0.3, 0.4) is 0 Å². The number of aliphatic hydroxyl groups excluding tert-OH is 1. The SMILES string of the molecule is C/C=C/CC/C=C/CC/C=C/C(O)C(CS(=O)(=O)O)NC(=O)CCCCCCC/C=C\C/C=C\C/C=C\CC. The van der Waals surface area contributed by atoms with Gasteiger partial charge in [-0.1, -0.05) is 99.1 Å². The number of amides is 1. The minimum Gasteiger partial charge on any atom is -0.387 e. The zero-order chi connectivity index (χ0) is 29.0. The zero-order valence-corrected chi connectivity index (χ0v) is 25.0. The molecule has 7 heteroatoms. The van der Waals surface area contributed by atoms with Crippen LogP contribution in [0.15, 0.2) is 72.9 Å². The lowest BCUT2D eigenvalue weighted by Crippen LogP contribution is -2.46. The van der Waals surface area contributed by atoms with E-state index >= 15 is 0 Å². The van der Waals surface area contributed by atoms with Crippen LogP contribution in [0, 0.1) is 0 Å². The van der Waals surface area contributed by atoms with Crippen LogP contribution in [0.25, 0.3) is 0 Å². The predicted octanol–water partition coefficient (Wildman–Crippen LogP) is 7.56. The second kappa shape index (κ2) is 26.0. The molecule has 2 unspecified atom stereocenters. The summed E-state index contributed by atoms with van der Waals surface area (Å²) >= 11 is 0. The first kappa shape index (κ1) is 36.8. The van der Waals surface area contributed by atoms with Gasteiger partial charge in [0, 0.05) is 6.42 Å². The number of carbonyl (C=O) groups excluding carboxylic acids is 1. The van der Waals surface area contributed by atoms with E-state index in [9.17, 15) is 22.9 Å². The first-order valence-corrected chi connectivity index (χ1v) is 16.2. The fourth-order valence-electron chi connectivity index (χ4n) is 3.79. The summed E-state index contributed by atoms with van der Waals surface area (Å²) in [6.07, 6.45) is 36.2. The lowest BCUT2D eigenvalue weighted by atomic mass is 10.1. The second-order valence-electron chi connectivity index (χ2n) is 9.64. The quantitative estimate of drug-likeness (QED) is 0.0639. The zero-order valence-electron chi connectivity index (χ0n) is 24.2. The highest BCUT2D eigenvalue weighted by Gasteiger charge is 2.24. The maximum Gasteiger partial charge on any atom is 0.267 e. The Balaban J connectivity index is 4.18. The van der Waals surface area contributed by atoms with E-state index in [1.165, 1.54) is 6.08 Å². The first-order valence-electron chi connectivity index (χ1n) is 14.6. The number of aliphatic hydroxyl groups is 1. The van der Waals surface area contributed by atoms with E-state index in [2.05, 4.69) is 66.9 Å². The lowest BCUT2D eigenvalue weighted by Gasteiger charge is -2.21. The molecule has 0 aliphatic carbocycles. The molecule has 3 N–H and O–H groups in total. The van der Waals surface area contributed by atoms with Crippen molar-refractivity contribution in [2.24, 2.45) is 0 Å². The van der Waals surface area contributed by atoms with Crippen LogP contribution in [0.1, 0.15) is 104 Å². The summed E-state index contributed by atoms with van der Waals surface area (Å²) in [7, 11) is -4.35. The normalized spacial score (nSPS) is 14.7. The first-order chi connectivity index (χ1) is 18.8. The van der Waals surface area contributed by atoms with Crippen molar-refractivity contribution in [3.05, 3.63) is 72.9 Å². The highest BCUT2D eigenvalue weighted by molar-refractivity contribution is 7.85. The minimum absolute atomic E-state index is 0.260. The van der Waals surface area contributed by atoms with Gasteiger partial charge in [0.15, 0.2) is 0 Å². The van der Waals surface area contributed by atoms with Gasteiger partial charge in [0.25, 0.3) is 10.1 Å².